The molecule has 1 saturated carbocycles. The first-order chi connectivity index (χ1) is 18.3. The van der Waals surface area contributed by atoms with Crippen LogP contribution in [0.2, 0.25) is 0 Å². The summed E-state index contributed by atoms with van der Waals surface area (Å²) in [4.78, 5) is 0. The molecular weight excluding hydrogens is 476 g/mol. The number of hydrogen-bond acceptors (Lipinski definition) is 8. The van der Waals surface area contributed by atoms with Gasteiger partial charge in [0.15, 0.2) is 0 Å². The third-order valence-corrected chi connectivity index (χ3v) is 8.30. The summed E-state index contributed by atoms with van der Waals surface area (Å²) in [6, 6.07) is 1.18. The first-order valence-electron chi connectivity index (χ1n) is 14.9. The van der Waals surface area contributed by atoms with Crippen molar-refractivity contribution in [2.75, 3.05) is 19.8 Å². The van der Waals surface area contributed by atoms with Crippen LogP contribution in [-0.2, 0) is 9.47 Å². The Bertz CT molecular complexity index is 884. The fourth-order valence-electron chi connectivity index (χ4n) is 6.63. The largest absolute Gasteiger partial charge is 0.498 e. The third-order valence-electron chi connectivity index (χ3n) is 8.30. The van der Waals surface area contributed by atoms with E-state index in [0.717, 1.165) is 57.0 Å². The van der Waals surface area contributed by atoms with Crippen molar-refractivity contribution in [1.29, 1.82) is 0 Å². The Balaban J connectivity index is 1.41. The van der Waals surface area contributed by atoms with Gasteiger partial charge in [-0.25, -0.2) is 21.7 Å². The van der Waals surface area contributed by atoms with E-state index in [1.807, 2.05) is 0 Å². The minimum Gasteiger partial charge on any atom is -0.498 e. The highest BCUT2D eigenvalue weighted by atomic mass is 16.5. The number of hydrazine groups is 4. The lowest BCUT2D eigenvalue weighted by molar-refractivity contribution is 0.139. The van der Waals surface area contributed by atoms with Gasteiger partial charge in [-0.3, -0.25) is 0 Å². The van der Waals surface area contributed by atoms with E-state index in [4.69, 9.17) is 9.47 Å². The van der Waals surface area contributed by atoms with E-state index in [0.29, 0.717) is 41.7 Å². The van der Waals surface area contributed by atoms with Gasteiger partial charge in [-0.15, -0.1) is 0 Å². The van der Waals surface area contributed by atoms with E-state index in [-0.39, 0.29) is 12.1 Å². The predicted octanol–water partition coefficient (Wildman–Crippen LogP) is 3.85. The summed E-state index contributed by atoms with van der Waals surface area (Å²) in [5, 5.41) is 2.27. The Labute approximate surface area is 229 Å². The Morgan fingerprint density at radius 3 is 1.50 bits per heavy atom. The molecule has 0 spiro atoms. The second-order valence-electron chi connectivity index (χ2n) is 13.0. The van der Waals surface area contributed by atoms with Crippen molar-refractivity contribution in [3.05, 3.63) is 47.0 Å². The minimum atomic E-state index is 0.288. The summed E-state index contributed by atoms with van der Waals surface area (Å²) in [5.74, 6) is 4.61. The van der Waals surface area contributed by atoms with Crippen LogP contribution in [0.1, 0.15) is 67.2 Å². The lowest BCUT2D eigenvalue weighted by Gasteiger charge is -2.47. The van der Waals surface area contributed by atoms with Gasteiger partial charge in [0.1, 0.15) is 0 Å². The fraction of sp³-hybridized carbons (Fsp3) is 0.733. The molecule has 0 amide bonds. The van der Waals surface area contributed by atoms with E-state index in [1.165, 1.54) is 11.1 Å². The van der Waals surface area contributed by atoms with Crippen LogP contribution in [0.4, 0.5) is 0 Å². The Kier molecular flexibility index (Phi) is 8.97. The molecule has 212 valence electrons. The Morgan fingerprint density at radius 1 is 0.658 bits per heavy atom. The molecule has 5 rings (SSSR count). The molecule has 8 heteroatoms. The zero-order valence-corrected chi connectivity index (χ0v) is 24.2. The summed E-state index contributed by atoms with van der Waals surface area (Å²) in [6.07, 6.45) is 13.2. The minimum absolute atomic E-state index is 0.288. The molecule has 8 nitrogen and oxygen atoms in total. The fourth-order valence-corrected chi connectivity index (χ4v) is 6.63. The van der Waals surface area contributed by atoms with Crippen LogP contribution in [0.5, 0.6) is 0 Å². The van der Waals surface area contributed by atoms with Gasteiger partial charge in [0.25, 0.3) is 0 Å². The molecule has 2 saturated heterocycles. The molecule has 0 aromatic rings. The van der Waals surface area contributed by atoms with Gasteiger partial charge in [0.05, 0.1) is 24.7 Å². The molecule has 6 unspecified atom stereocenters. The van der Waals surface area contributed by atoms with Gasteiger partial charge >= 0.3 is 0 Å². The molecule has 3 fully saturated rings. The molecule has 5 aliphatic rings. The Morgan fingerprint density at radius 2 is 1.13 bits per heavy atom. The lowest BCUT2D eigenvalue weighted by atomic mass is 9.63. The molecule has 0 aromatic heterocycles. The number of allylic oxidation sites excluding steroid dienone is 6. The van der Waals surface area contributed by atoms with Crippen LogP contribution in [0, 0.1) is 29.6 Å². The van der Waals surface area contributed by atoms with Crippen molar-refractivity contribution in [3.8, 4) is 0 Å². The van der Waals surface area contributed by atoms with Crippen molar-refractivity contribution < 1.29 is 9.47 Å². The van der Waals surface area contributed by atoms with Gasteiger partial charge in [-0.2, -0.15) is 10.7 Å². The quantitative estimate of drug-likeness (QED) is 0.294. The highest BCUT2D eigenvalue weighted by Crippen LogP contribution is 2.44. The summed E-state index contributed by atoms with van der Waals surface area (Å²) >= 11 is 0. The van der Waals surface area contributed by atoms with Crippen LogP contribution < -0.4 is 27.2 Å². The molecular formula is C30H50N6O2. The third kappa shape index (κ3) is 6.21. The van der Waals surface area contributed by atoms with Gasteiger partial charge in [-0.1, -0.05) is 64.8 Å². The average molecular weight is 527 g/mol. The van der Waals surface area contributed by atoms with Gasteiger partial charge in [-0.05, 0) is 42.7 Å². The van der Waals surface area contributed by atoms with Gasteiger partial charge < -0.3 is 9.47 Å². The topological polar surface area (TPSA) is 81.8 Å². The van der Waals surface area contributed by atoms with E-state index in [2.05, 4.69) is 98.2 Å². The van der Waals surface area contributed by atoms with E-state index in [9.17, 15) is 0 Å². The number of rotatable bonds is 10. The molecule has 0 aromatic carbocycles. The van der Waals surface area contributed by atoms with E-state index in [1.54, 1.807) is 0 Å². The molecule has 0 bridgehead atoms. The lowest BCUT2D eigenvalue weighted by Crippen LogP contribution is -2.64. The van der Waals surface area contributed by atoms with Gasteiger partial charge in [0, 0.05) is 55.4 Å². The average Bonchev–Trinajstić information content (AvgIpc) is 3.52. The maximum absolute atomic E-state index is 6.07. The van der Waals surface area contributed by atoms with Crippen molar-refractivity contribution in [3.63, 3.8) is 0 Å². The molecule has 0 radical (unpaired) electrons. The molecule has 3 aliphatic carbocycles. The van der Waals surface area contributed by atoms with Crippen LogP contribution in [0.15, 0.2) is 47.0 Å². The molecule has 2 heterocycles. The first-order valence-corrected chi connectivity index (χ1v) is 14.9. The SMILES string of the molecule is CC(C)COC1=CC=C(C2C3NNNC3C(C3=CC=C(OCC(C)C)CC3)C3NN(CC(C)C)NC32)CC1. The van der Waals surface area contributed by atoms with E-state index < -0.39 is 0 Å². The van der Waals surface area contributed by atoms with Crippen molar-refractivity contribution in [2.45, 2.75) is 91.4 Å². The number of ether oxygens (including phenoxy) is 2. The summed E-state index contributed by atoms with van der Waals surface area (Å²) in [5.41, 5.74) is 21.4. The van der Waals surface area contributed by atoms with Crippen molar-refractivity contribution in [1.82, 2.24) is 32.4 Å². The zero-order valence-electron chi connectivity index (χ0n) is 24.2. The maximum Gasteiger partial charge on any atom is 0.0963 e. The van der Waals surface area contributed by atoms with Crippen LogP contribution in [-0.4, -0.2) is 49.0 Å². The van der Waals surface area contributed by atoms with Gasteiger partial charge in [0.2, 0.25) is 0 Å². The monoisotopic (exact) mass is 526 g/mol. The normalized spacial score (nSPS) is 33.6. The van der Waals surface area contributed by atoms with Crippen molar-refractivity contribution >= 4 is 0 Å². The maximum atomic E-state index is 6.07. The molecule has 38 heavy (non-hydrogen) atoms. The molecule has 5 N–H and O–H groups in total. The highest BCUT2D eigenvalue weighted by molar-refractivity contribution is 5.34. The highest BCUT2D eigenvalue weighted by Gasteiger charge is 2.57. The zero-order chi connectivity index (χ0) is 26.8. The summed E-state index contributed by atoms with van der Waals surface area (Å²) in [7, 11) is 0. The Hall–Kier alpha value is -1.68. The van der Waals surface area contributed by atoms with Crippen molar-refractivity contribution in [2.24, 2.45) is 29.6 Å². The number of hydrogen-bond donors (Lipinski definition) is 5. The number of fused-ring (bicyclic) bond motifs is 2. The molecule has 6 atom stereocenters. The first kappa shape index (κ1) is 27.9. The second kappa shape index (κ2) is 12.2. The summed E-state index contributed by atoms with van der Waals surface area (Å²) < 4.78 is 12.1. The molecule has 2 aliphatic heterocycles. The predicted molar refractivity (Wildman–Crippen MR) is 152 cm³/mol. The second-order valence-corrected chi connectivity index (χ2v) is 13.0. The van der Waals surface area contributed by atoms with Crippen LogP contribution >= 0.6 is 0 Å². The number of nitrogens with zero attached hydrogens (tertiary/aromatic N) is 1. The number of nitrogens with one attached hydrogen (secondary N) is 5. The standard InChI is InChI=1S/C30H50N6O2/c1-18(2)15-36-33-29-25(21-7-11-23(12-8-21)37-16-19(3)4)27-28(32-35-31-27)26(30(29)34-36)22-9-13-24(14-10-22)38-17-20(5)6/h7,9,11,13,18-20,25-35H,8,10,12,14-17H2,1-6H3. The van der Waals surface area contributed by atoms with Crippen LogP contribution in [0.3, 0.4) is 0 Å². The smallest absolute Gasteiger partial charge is 0.0963 e. The van der Waals surface area contributed by atoms with E-state index >= 15 is 0 Å². The summed E-state index contributed by atoms with van der Waals surface area (Å²) in [6.45, 7) is 15.9. The van der Waals surface area contributed by atoms with Crippen LogP contribution in [0.25, 0.3) is 0 Å².